The minimum Gasteiger partial charge on any atom is -0.497 e. The molecule has 0 atom stereocenters. The van der Waals surface area contributed by atoms with Gasteiger partial charge in [0.1, 0.15) is 11.5 Å². The van der Waals surface area contributed by atoms with Gasteiger partial charge >= 0.3 is 0 Å². The fourth-order valence-electron chi connectivity index (χ4n) is 2.79. The molecule has 30 heavy (non-hydrogen) atoms. The maximum absolute atomic E-state index is 12.4. The van der Waals surface area contributed by atoms with Gasteiger partial charge < -0.3 is 9.47 Å². The van der Waals surface area contributed by atoms with Gasteiger partial charge in [0.05, 0.1) is 25.6 Å². The molecule has 0 saturated heterocycles. The van der Waals surface area contributed by atoms with Crippen LogP contribution >= 0.6 is 11.5 Å². The number of aromatic nitrogens is 5. The summed E-state index contributed by atoms with van der Waals surface area (Å²) in [5.41, 5.74) is 2.67. The van der Waals surface area contributed by atoms with E-state index in [4.69, 9.17) is 9.47 Å². The van der Waals surface area contributed by atoms with Gasteiger partial charge in [-0.05, 0) is 55.5 Å². The molecule has 4 aromatic rings. The average molecular weight is 422 g/mol. The van der Waals surface area contributed by atoms with Crippen LogP contribution in [0.25, 0.3) is 17.2 Å². The van der Waals surface area contributed by atoms with Crippen molar-refractivity contribution < 1.29 is 14.3 Å². The highest BCUT2D eigenvalue weighted by molar-refractivity contribution is 7.10. The van der Waals surface area contributed by atoms with Gasteiger partial charge in [-0.1, -0.05) is 5.21 Å². The lowest BCUT2D eigenvalue weighted by atomic mass is 10.2. The standard InChI is InChI=1S/C20H18N6O3S/c1-12-17(23-25-26(12)14-6-10-16(29-3)11-7-14)18-21-20(30-24-18)22-19(27)13-4-8-15(28-2)9-5-13/h4-11H,1-3H3,(H,21,22,24,27). The Labute approximate surface area is 176 Å². The molecule has 1 amide bonds. The topological polar surface area (TPSA) is 104 Å². The molecule has 0 bridgehead atoms. The van der Waals surface area contributed by atoms with Crippen LogP contribution in [0.15, 0.2) is 48.5 Å². The molecule has 0 spiro atoms. The Kier molecular flexibility index (Phi) is 5.40. The molecule has 2 heterocycles. The van der Waals surface area contributed by atoms with E-state index in [0.29, 0.717) is 28.0 Å². The van der Waals surface area contributed by atoms with Crippen molar-refractivity contribution in [3.63, 3.8) is 0 Å². The van der Waals surface area contributed by atoms with Crippen LogP contribution in [-0.2, 0) is 0 Å². The van der Waals surface area contributed by atoms with Crippen LogP contribution in [0, 0.1) is 6.92 Å². The first-order chi connectivity index (χ1) is 14.6. The molecular formula is C20H18N6O3S. The molecule has 2 aromatic heterocycles. The second kappa shape index (κ2) is 8.29. The van der Waals surface area contributed by atoms with Crippen LogP contribution in [0.4, 0.5) is 5.13 Å². The summed E-state index contributed by atoms with van der Waals surface area (Å²) in [5, 5.41) is 11.5. The summed E-state index contributed by atoms with van der Waals surface area (Å²) in [4.78, 5) is 16.8. The van der Waals surface area contributed by atoms with E-state index >= 15 is 0 Å². The van der Waals surface area contributed by atoms with E-state index in [1.165, 1.54) is 0 Å². The SMILES string of the molecule is COc1ccc(C(=O)Nc2nc(-c3nnn(-c4ccc(OC)cc4)c3C)ns2)cc1. The van der Waals surface area contributed by atoms with Gasteiger partial charge in [0.2, 0.25) is 5.13 Å². The summed E-state index contributed by atoms with van der Waals surface area (Å²) in [6.07, 6.45) is 0. The highest BCUT2D eigenvalue weighted by Crippen LogP contribution is 2.25. The summed E-state index contributed by atoms with van der Waals surface area (Å²) in [6.45, 7) is 1.89. The summed E-state index contributed by atoms with van der Waals surface area (Å²) < 4.78 is 16.3. The highest BCUT2D eigenvalue weighted by atomic mass is 32.1. The molecule has 9 nitrogen and oxygen atoms in total. The van der Waals surface area contributed by atoms with E-state index in [0.717, 1.165) is 28.7 Å². The molecule has 0 aliphatic heterocycles. The fraction of sp³-hybridized carbons (Fsp3) is 0.150. The molecule has 2 aromatic carbocycles. The van der Waals surface area contributed by atoms with E-state index in [2.05, 4.69) is 25.0 Å². The van der Waals surface area contributed by atoms with E-state index in [-0.39, 0.29) is 5.91 Å². The molecule has 0 fully saturated rings. The third-order valence-corrected chi connectivity index (χ3v) is 5.05. The van der Waals surface area contributed by atoms with E-state index in [1.807, 2.05) is 31.2 Å². The van der Waals surface area contributed by atoms with E-state index in [9.17, 15) is 4.79 Å². The third kappa shape index (κ3) is 3.85. The number of benzene rings is 2. The second-order valence-electron chi connectivity index (χ2n) is 6.24. The normalized spacial score (nSPS) is 10.6. The summed E-state index contributed by atoms with van der Waals surface area (Å²) in [6, 6.07) is 14.3. The number of hydrogen-bond acceptors (Lipinski definition) is 8. The number of methoxy groups -OCH3 is 2. The zero-order valence-corrected chi connectivity index (χ0v) is 17.3. The Balaban J connectivity index is 1.52. The van der Waals surface area contributed by atoms with Crippen molar-refractivity contribution in [2.24, 2.45) is 0 Å². The van der Waals surface area contributed by atoms with Crippen LogP contribution in [-0.4, -0.2) is 44.5 Å². The number of rotatable bonds is 6. The maximum atomic E-state index is 12.4. The second-order valence-corrected chi connectivity index (χ2v) is 6.99. The zero-order chi connectivity index (χ0) is 21.1. The van der Waals surface area contributed by atoms with E-state index < -0.39 is 0 Å². The zero-order valence-electron chi connectivity index (χ0n) is 16.5. The van der Waals surface area contributed by atoms with Crippen LogP contribution in [0.2, 0.25) is 0 Å². The predicted molar refractivity (Wildman–Crippen MR) is 112 cm³/mol. The first-order valence-corrected chi connectivity index (χ1v) is 9.72. The highest BCUT2D eigenvalue weighted by Gasteiger charge is 2.18. The van der Waals surface area contributed by atoms with E-state index in [1.54, 1.807) is 43.2 Å². The summed E-state index contributed by atoms with van der Waals surface area (Å²) in [7, 11) is 3.19. The van der Waals surface area contributed by atoms with Gasteiger partial charge in [-0.25, -0.2) is 4.68 Å². The van der Waals surface area contributed by atoms with Crippen molar-refractivity contribution in [1.82, 2.24) is 24.4 Å². The Hall–Kier alpha value is -3.79. The maximum Gasteiger partial charge on any atom is 0.257 e. The van der Waals surface area contributed by atoms with Crippen LogP contribution in [0.5, 0.6) is 11.5 Å². The number of carbonyl (C=O) groups is 1. The van der Waals surface area contributed by atoms with Crippen LogP contribution in [0.3, 0.4) is 0 Å². The number of carbonyl (C=O) groups excluding carboxylic acids is 1. The molecule has 0 aliphatic rings. The van der Waals surface area contributed by atoms with Crippen LogP contribution < -0.4 is 14.8 Å². The number of nitrogens with one attached hydrogen (secondary N) is 1. The Morgan fingerprint density at radius 3 is 2.27 bits per heavy atom. The molecule has 0 saturated carbocycles. The van der Waals surface area contributed by atoms with Crippen molar-refractivity contribution in [2.75, 3.05) is 19.5 Å². The molecule has 1 N–H and O–H groups in total. The monoisotopic (exact) mass is 422 g/mol. The fourth-order valence-corrected chi connectivity index (χ4v) is 3.35. The molecule has 4 rings (SSSR count). The number of ether oxygens (including phenoxy) is 2. The van der Waals surface area contributed by atoms with Crippen LogP contribution in [0.1, 0.15) is 16.1 Å². The lowest BCUT2D eigenvalue weighted by Crippen LogP contribution is -2.11. The molecule has 0 aliphatic carbocycles. The van der Waals surface area contributed by atoms with Gasteiger partial charge in [-0.2, -0.15) is 9.36 Å². The lowest BCUT2D eigenvalue weighted by Gasteiger charge is -2.04. The minimum absolute atomic E-state index is 0.279. The number of nitrogens with zero attached hydrogens (tertiary/aromatic N) is 5. The van der Waals surface area contributed by atoms with Gasteiger partial charge in [-0.15, -0.1) is 5.10 Å². The number of hydrogen-bond donors (Lipinski definition) is 1. The Bertz CT molecular complexity index is 1170. The molecule has 152 valence electrons. The number of anilines is 1. The number of amides is 1. The van der Waals surface area contributed by atoms with Crippen molar-refractivity contribution in [3.05, 3.63) is 59.8 Å². The smallest absolute Gasteiger partial charge is 0.257 e. The van der Waals surface area contributed by atoms with Gasteiger partial charge in [0, 0.05) is 17.1 Å². The molecule has 0 unspecified atom stereocenters. The van der Waals surface area contributed by atoms with Crippen molar-refractivity contribution >= 4 is 22.6 Å². The first kappa shape index (κ1) is 19.5. The minimum atomic E-state index is -0.279. The van der Waals surface area contributed by atoms with Gasteiger partial charge in [-0.3, -0.25) is 10.1 Å². The Morgan fingerprint density at radius 2 is 1.63 bits per heavy atom. The molecule has 0 radical (unpaired) electrons. The van der Waals surface area contributed by atoms with Crippen molar-refractivity contribution in [1.29, 1.82) is 0 Å². The van der Waals surface area contributed by atoms with Gasteiger partial charge in [0.25, 0.3) is 5.91 Å². The Morgan fingerprint density at radius 1 is 1.00 bits per heavy atom. The predicted octanol–water partition coefficient (Wildman–Crippen LogP) is 3.36. The largest absolute Gasteiger partial charge is 0.497 e. The third-order valence-electron chi connectivity index (χ3n) is 4.42. The first-order valence-electron chi connectivity index (χ1n) is 8.95. The average Bonchev–Trinajstić information content (AvgIpc) is 3.40. The summed E-state index contributed by atoms with van der Waals surface area (Å²) >= 11 is 1.08. The van der Waals surface area contributed by atoms with Gasteiger partial charge in [0.15, 0.2) is 11.5 Å². The van der Waals surface area contributed by atoms with Crippen molar-refractivity contribution in [2.45, 2.75) is 6.92 Å². The molecule has 10 heteroatoms. The quantitative estimate of drug-likeness (QED) is 0.508. The lowest BCUT2D eigenvalue weighted by molar-refractivity contribution is 0.102. The van der Waals surface area contributed by atoms with Crippen molar-refractivity contribution in [3.8, 4) is 28.7 Å². The summed E-state index contributed by atoms with van der Waals surface area (Å²) in [5.74, 6) is 1.57. The molecular weight excluding hydrogens is 404 g/mol.